The van der Waals surface area contributed by atoms with Gasteiger partial charge in [-0.2, -0.15) is 0 Å². The summed E-state index contributed by atoms with van der Waals surface area (Å²) in [6.07, 6.45) is 4.10. The van der Waals surface area contributed by atoms with Crippen LogP contribution in [0.5, 0.6) is 5.75 Å². The zero-order valence-corrected chi connectivity index (χ0v) is 21.4. The standard InChI is InChI=1S/C29H28ClN3O4/c1-2-7-26(34)37-28-27(20-8-6-11-31-18-20)23-16-21(24(30)17-25(23)36-29(28)35)19-32-12-14-33(15-13-32)22-9-4-3-5-10-22/h3-6,8-11,16-18H,2,7,12-15,19H2,1H3. The Morgan fingerprint density at radius 2 is 1.86 bits per heavy atom. The number of pyridine rings is 1. The van der Waals surface area contributed by atoms with Crippen molar-refractivity contribution in [3.05, 3.63) is 88.0 Å². The highest BCUT2D eigenvalue weighted by Crippen LogP contribution is 2.37. The molecule has 1 saturated heterocycles. The molecule has 4 aromatic rings. The molecule has 2 aromatic carbocycles. The van der Waals surface area contributed by atoms with Gasteiger partial charge in [-0.25, -0.2) is 4.79 Å². The van der Waals surface area contributed by atoms with Crippen LogP contribution in [0, 0.1) is 0 Å². The summed E-state index contributed by atoms with van der Waals surface area (Å²) in [7, 11) is 0. The van der Waals surface area contributed by atoms with Crippen LogP contribution >= 0.6 is 11.6 Å². The highest BCUT2D eigenvalue weighted by atomic mass is 35.5. The molecule has 2 aromatic heterocycles. The lowest BCUT2D eigenvalue weighted by Crippen LogP contribution is -2.46. The summed E-state index contributed by atoms with van der Waals surface area (Å²) in [6, 6.07) is 17.6. The Morgan fingerprint density at radius 1 is 1.08 bits per heavy atom. The van der Waals surface area contributed by atoms with Crippen LogP contribution in [-0.2, 0) is 11.3 Å². The molecule has 0 spiro atoms. The Labute approximate surface area is 220 Å². The molecule has 0 bridgehead atoms. The number of hydrogen-bond acceptors (Lipinski definition) is 7. The summed E-state index contributed by atoms with van der Waals surface area (Å²) in [5.74, 6) is -0.603. The van der Waals surface area contributed by atoms with Crippen molar-refractivity contribution < 1.29 is 13.9 Å². The first-order chi connectivity index (χ1) is 18.0. The number of esters is 1. The summed E-state index contributed by atoms with van der Waals surface area (Å²) in [4.78, 5) is 34.2. The van der Waals surface area contributed by atoms with Gasteiger partial charge in [0.25, 0.3) is 0 Å². The smallest absolute Gasteiger partial charge is 0.380 e. The van der Waals surface area contributed by atoms with Gasteiger partial charge >= 0.3 is 11.6 Å². The number of hydrogen-bond donors (Lipinski definition) is 0. The number of para-hydroxylation sites is 1. The van der Waals surface area contributed by atoms with Crippen LogP contribution in [0.4, 0.5) is 5.69 Å². The second-order valence-electron chi connectivity index (χ2n) is 9.10. The summed E-state index contributed by atoms with van der Waals surface area (Å²) in [5.41, 5.74) is 2.89. The fourth-order valence-electron chi connectivity index (χ4n) is 4.67. The van der Waals surface area contributed by atoms with Crippen molar-refractivity contribution in [3.63, 3.8) is 0 Å². The molecule has 0 aliphatic carbocycles. The molecule has 190 valence electrons. The number of halogens is 1. The number of nitrogens with zero attached hydrogens (tertiary/aromatic N) is 3. The van der Waals surface area contributed by atoms with Crippen LogP contribution < -0.4 is 15.3 Å². The van der Waals surface area contributed by atoms with E-state index in [2.05, 4.69) is 39.0 Å². The van der Waals surface area contributed by atoms with Crippen LogP contribution in [0.2, 0.25) is 5.02 Å². The monoisotopic (exact) mass is 517 g/mol. The maximum absolute atomic E-state index is 12.9. The van der Waals surface area contributed by atoms with Gasteiger partial charge in [-0.15, -0.1) is 0 Å². The van der Waals surface area contributed by atoms with Crippen molar-refractivity contribution in [2.24, 2.45) is 0 Å². The van der Waals surface area contributed by atoms with Crippen LogP contribution in [0.15, 0.2) is 76.2 Å². The Kier molecular flexibility index (Phi) is 7.53. The number of anilines is 1. The highest BCUT2D eigenvalue weighted by Gasteiger charge is 2.23. The average Bonchev–Trinajstić information content (AvgIpc) is 2.91. The van der Waals surface area contributed by atoms with E-state index < -0.39 is 11.6 Å². The second-order valence-corrected chi connectivity index (χ2v) is 9.51. The summed E-state index contributed by atoms with van der Waals surface area (Å²) >= 11 is 6.67. The first-order valence-corrected chi connectivity index (χ1v) is 12.8. The van der Waals surface area contributed by atoms with Gasteiger partial charge in [0, 0.05) is 84.8 Å². The molecule has 0 unspecified atom stereocenters. The largest absolute Gasteiger partial charge is 0.420 e. The van der Waals surface area contributed by atoms with Crippen LogP contribution in [0.25, 0.3) is 22.1 Å². The molecule has 0 radical (unpaired) electrons. The molecule has 5 rings (SSSR count). The third-order valence-electron chi connectivity index (χ3n) is 6.54. The number of piperazine rings is 1. The predicted octanol–water partition coefficient (Wildman–Crippen LogP) is 5.54. The maximum Gasteiger partial charge on any atom is 0.380 e. The Bertz CT molecular complexity index is 1450. The molecule has 7 nitrogen and oxygen atoms in total. The fourth-order valence-corrected chi connectivity index (χ4v) is 4.89. The van der Waals surface area contributed by atoms with Crippen molar-refractivity contribution in [3.8, 4) is 16.9 Å². The van der Waals surface area contributed by atoms with Gasteiger partial charge in [-0.1, -0.05) is 42.8 Å². The fraction of sp³-hybridized carbons (Fsp3) is 0.276. The minimum Gasteiger partial charge on any atom is -0.420 e. The first kappa shape index (κ1) is 25.0. The van der Waals surface area contributed by atoms with E-state index in [1.807, 2.05) is 25.1 Å². The van der Waals surface area contributed by atoms with E-state index in [0.29, 0.717) is 40.1 Å². The van der Waals surface area contributed by atoms with E-state index in [1.54, 1.807) is 24.5 Å². The predicted molar refractivity (Wildman–Crippen MR) is 145 cm³/mol. The SMILES string of the molecule is CCCC(=O)Oc1c(-c2cccnc2)c2cc(CN3CCN(c4ccccc4)CC3)c(Cl)cc2oc1=O. The zero-order valence-electron chi connectivity index (χ0n) is 20.7. The number of rotatable bonds is 7. The third-order valence-corrected chi connectivity index (χ3v) is 6.89. The van der Waals surface area contributed by atoms with Gasteiger partial charge in [0.15, 0.2) is 0 Å². The maximum atomic E-state index is 12.9. The van der Waals surface area contributed by atoms with E-state index in [1.165, 1.54) is 5.69 Å². The number of carbonyl (C=O) groups excluding carboxylic acids is 1. The normalized spacial score (nSPS) is 14.2. The topological polar surface area (TPSA) is 75.9 Å². The summed E-state index contributed by atoms with van der Waals surface area (Å²) < 4.78 is 11.1. The third kappa shape index (κ3) is 5.53. The van der Waals surface area contributed by atoms with Crippen LogP contribution in [-0.4, -0.2) is 42.0 Å². The summed E-state index contributed by atoms with van der Waals surface area (Å²) in [5, 5.41) is 1.17. The minimum absolute atomic E-state index is 0.122. The molecule has 3 heterocycles. The molecule has 0 amide bonds. The number of ether oxygens (including phenoxy) is 1. The molecule has 1 aliphatic rings. The van der Waals surface area contributed by atoms with Crippen molar-refractivity contribution >= 4 is 34.2 Å². The first-order valence-electron chi connectivity index (χ1n) is 12.5. The molecule has 1 fully saturated rings. The Morgan fingerprint density at radius 3 is 2.57 bits per heavy atom. The summed E-state index contributed by atoms with van der Waals surface area (Å²) in [6.45, 7) is 6.14. The van der Waals surface area contributed by atoms with Gasteiger partial charge in [0.2, 0.25) is 5.75 Å². The van der Waals surface area contributed by atoms with Crippen LogP contribution in [0.1, 0.15) is 25.3 Å². The molecule has 0 N–H and O–H groups in total. The van der Waals surface area contributed by atoms with Gasteiger partial charge in [0.05, 0.1) is 0 Å². The molecular formula is C29H28ClN3O4. The van der Waals surface area contributed by atoms with Crippen molar-refractivity contribution in [1.29, 1.82) is 0 Å². The molecule has 0 saturated carbocycles. The van der Waals surface area contributed by atoms with E-state index >= 15 is 0 Å². The van der Waals surface area contributed by atoms with E-state index in [-0.39, 0.29) is 12.2 Å². The lowest BCUT2D eigenvalue weighted by Gasteiger charge is -2.36. The number of aromatic nitrogens is 1. The molecular weight excluding hydrogens is 490 g/mol. The van der Waals surface area contributed by atoms with E-state index in [0.717, 1.165) is 31.7 Å². The Balaban J connectivity index is 1.49. The van der Waals surface area contributed by atoms with E-state index in [9.17, 15) is 9.59 Å². The van der Waals surface area contributed by atoms with E-state index in [4.69, 9.17) is 20.8 Å². The van der Waals surface area contributed by atoms with Crippen molar-refractivity contribution in [1.82, 2.24) is 9.88 Å². The lowest BCUT2D eigenvalue weighted by atomic mass is 10.0. The lowest BCUT2D eigenvalue weighted by molar-refractivity contribution is -0.134. The Hall–Kier alpha value is -3.68. The van der Waals surface area contributed by atoms with Gasteiger partial charge in [-0.05, 0) is 36.2 Å². The molecule has 0 atom stereocenters. The molecule has 37 heavy (non-hydrogen) atoms. The average molecular weight is 518 g/mol. The van der Waals surface area contributed by atoms with Gasteiger partial charge < -0.3 is 14.1 Å². The quantitative estimate of drug-likeness (QED) is 0.235. The highest BCUT2D eigenvalue weighted by molar-refractivity contribution is 6.32. The molecule has 1 aliphatic heterocycles. The van der Waals surface area contributed by atoms with Crippen molar-refractivity contribution in [2.45, 2.75) is 26.3 Å². The number of carbonyl (C=O) groups is 1. The van der Waals surface area contributed by atoms with Gasteiger partial charge in [-0.3, -0.25) is 14.7 Å². The second kappa shape index (κ2) is 11.2. The van der Waals surface area contributed by atoms with Gasteiger partial charge in [0.1, 0.15) is 5.58 Å². The zero-order chi connectivity index (χ0) is 25.8. The number of benzene rings is 2. The van der Waals surface area contributed by atoms with Crippen LogP contribution in [0.3, 0.4) is 0 Å². The molecule has 8 heteroatoms. The minimum atomic E-state index is -0.725. The van der Waals surface area contributed by atoms with Crippen molar-refractivity contribution in [2.75, 3.05) is 31.1 Å². The number of fused-ring (bicyclic) bond motifs is 1.